The molecule has 0 radical (unpaired) electrons. The first kappa shape index (κ1) is 18.6. The van der Waals surface area contributed by atoms with Crippen molar-refractivity contribution in [2.45, 2.75) is 19.4 Å². The highest BCUT2D eigenvalue weighted by Gasteiger charge is 2.28. The minimum absolute atomic E-state index is 0.0792. The van der Waals surface area contributed by atoms with Gasteiger partial charge in [-0.25, -0.2) is 0 Å². The van der Waals surface area contributed by atoms with Crippen LogP contribution in [0.4, 0.5) is 5.82 Å². The summed E-state index contributed by atoms with van der Waals surface area (Å²) < 4.78 is 10.8. The smallest absolute Gasteiger partial charge is 0.308 e. The molecule has 3 rings (SSSR count). The van der Waals surface area contributed by atoms with E-state index < -0.39 is 5.97 Å². The van der Waals surface area contributed by atoms with Gasteiger partial charge in [-0.05, 0) is 30.3 Å². The van der Waals surface area contributed by atoms with Crippen molar-refractivity contribution < 1.29 is 19.1 Å². The van der Waals surface area contributed by atoms with Gasteiger partial charge in [0.05, 0.1) is 6.54 Å². The van der Waals surface area contributed by atoms with Gasteiger partial charge < -0.3 is 19.3 Å². The predicted molar refractivity (Wildman–Crippen MR) is 99.0 cm³/mol. The molecule has 1 atom stereocenters. The molecule has 8 nitrogen and oxygen atoms in total. The zero-order valence-electron chi connectivity index (χ0n) is 15.6. The van der Waals surface area contributed by atoms with Gasteiger partial charge in [-0.3, -0.25) is 9.59 Å². The molecule has 0 N–H and O–H groups in total. The molecule has 142 valence electrons. The largest absolute Gasteiger partial charge is 0.471 e. The number of ether oxygens (including phenoxy) is 2. The lowest BCUT2D eigenvalue weighted by atomic mass is 10.2. The molecule has 27 heavy (non-hydrogen) atoms. The van der Waals surface area contributed by atoms with Crippen molar-refractivity contribution in [3.05, 3.63) is 42.0 Å². The Morgan fingerprint density at radius 3 is 2.44 bits per heavy atom. The van der Waals surface area contributed by atoms with Gasteiger partial charge in [0, 0.05) is 45.6 Å². The zero-order valence-corrected chi connectivity index (χ0v) is 15.6. The Hall–Kier alpha value is -3.16. The molecule has 1 saturated heterocycles. The first-order valence-electron chi connectivity index (χ1n) is 8.68. The summed E-state index contributed by atoms with van der Waals surface area (Å²) in [5.41, 5.74) is 0.543. The number of benzene rings is 1. The number of likely N-dealkylation sites (tertiary alicyclic amines) is 1. The molecular weight excluding hydrogens is 348 g/mol. The van der Waals surface area contributed by atoms with Crippen molar-refractivity contribution >= 4 is 17.7 Å². The molecule has 0 aliphatic carbocycles. The van der Waals surface area contributed by atoms with Crippen LogP contribution in [0, 0.1) is 0 Å². The molecule has 1 aliphatic heterocycles. The summed E-state index contributed by atoms with van der Waals surface area (Å²) >= 11 is 0. The Morgan fingerprint density at radius 2 is 1.85 bits per heavy atom. The summed E-state index contributed by atoms with van der Waals surface area (Å²) in [6.07, 6.45) is 0.614. The van der Waals surface area contributed by atoms with E-state index in [9.17, 15) is 9.59 Å². The third-order valence-corrected chi connectivity index (χ3v) is 4.17. The number of aromatic nitrogens is 2. The number of carbonyl (C=O) groups excluding carboxylic acids is 2. The fourth-order valence-electron chi connectivity index (χ4n) is 2.81. The molecular formula is C19H22N4O4. The van der Waals surface area contributed by atoms with Gasteiger partial charge in [-0.2, -0.15) is 0 Å². The number of esters is 1. The number of nitrogens with zero attached hydrogens (tertiary/aromatic N) is 4. The van der Waals surface area contributed by atoms with Crippen molar-refractivity contribution in [1.82, 2.24) is 15.1 Å². The molecule has 2 heterocycles. The fraction of sp³-hybridized carbons (Fsp3) is 0.368. The van der Waals surface area contributed by atoms with Crippen LogP contribution in [0.15, 0.2) is 36.4 Å². The van der Waals surface area contributed by atoms with E-state index in [2.05, 4.69) is 10.2 Å². The maximum Gasteiger partial charge on any atom is 0.308 e. The maximum atomic E-state index is 12.6. The van der Waals surface area contributed by atoms with Gasteiger partial charge in [0.2, 0.25) is 5.88 Å². The molecule has 1 aromatic carbocycles. The topological polar surface area (TPSA) is 84.9 Å². The van der Waals surface area contributed by atoms with Crippen molar-refractivity contribution in [2.75, 3.05) is 32.1 Å². The van der Waals surface area contributed by atoms with E-state index in [1.54, 1.807) is 35.2 Å². The zero-order chi connectivity index (χ0) is 19.4. The van der Waals surface area contributed by atoms with Crippen LogP contribution in [0.25, 0.3) is 0 Å². The van der Waals surface area contributed by atoms with E-state index >= 15 is 0 Å². The Bertz CT molecular complexity index is 805. The highest BCUT2D eigenvalue weighted by molar-refractivity contribution is 5.94. The normalized spacial score (nSPS) is 16.1. The number of carbonyl (C=O) groups is 2. The summed E-state index contributed by atoms with van der Waals surface area (Å²) in [5.74, 6) is 1.15. The van der Waals surface area contributed by atoms with Crippen LogP contribution < -0.4 is 14.4 Å². The molecule has 1 fully saturated rings. The standard InChI is InChI=1S/C19H22N4O4/c1-13(24)26-15-6-4-14(5-7-15)19(25)23-11-10-16(12-23)27-18-9-8-17(20-21-18)22(2)3/h4-9,16H,10-12H2,1-3H3. The molecule has 1 unspecified atom stereocenters. The molecule has 1 amide bonds. The summed E-state index contributed by atoms with van der Waals surface area (Å²) in [5, 5.41) is 8.15. The molecule has 0 bridgehead atoms. The van der Waals surface area contributed by atoms with Gasteiger partial charge in [0.1, 0.15) is 11.9 Å². The Balaban J connectivity index is 1.56. The summed E-state index contributed by atoms with van der Waals surface area (Å²) in [6, 6.07) is 10.1. The van der Waals surface area contributed by atoms with Crippen molar-refractivity contribution in [2.24, 2.45) is 0 Å². The van der Waals surface area contributed by atoms with Crippen LogP contribution in [-0.4, -0.2) is 60.3 Å². The average Bonchev–Trinajstić information content (AvgIpc) is 3.10. The maximum absolute atomic E-state index is 12.6. The van der Waals surface area contributed by atoms with Crippen molar-refractivity contribution in [1.29, 1.82) is 0 Å². The number of anilines is 1. The average molecular weight is 370 g/mol. The lowest BCUT2D eigenvalue weighted by Crippen LogP contribution is -2.31. The van der Waals surface area contributed by atoms with E-state index in [1.807, 2.05) is 25.1 Å². The van der Waals surface area contributed by atoms with E-state index in [-0.39, 0.29) is 12.0 Å². The number of hydrogen-bond acceptors (Lipinski definition) is 7. The van der Waals surface area contributed by atoms with Gasteiger partial charge in [-0.1, -0.05) is 0 Å². The first-order chi connectivity index (χ1) is 12.9. The number of amides is 1. The minimum Gasteiger partial charge on any atom is -0.471 e. The fourth-order valence-corrected chi connectivity index (χ4v) is 2.81. The Labute approximate surface area is 157 Å². The lowest BCUT2D eigenvalue weighted by molar-refractivity contribution is -0.131. The van der Waals surface area contributed by atoms with Gasteiger partial charge in [0.15, 0.2) is 5.82 Å². The van der Waals surface area contributed by atoms with Crippen molar-refractivity contribution in [3.8, 4) is 11.6 Å². The Kier molecular flexibility index (Phi) is 5.54. The van der Waals surface area contributed by atoms with E-state index in [0.717, 1.165) is 12.2 Å². The van der Waals surface area contributed by atoms with Crippen LogP contribution in [0.1, 0.15) is 23.7 Å². The second-order valence-electron chi connectivity index (χ2n) is 6.52. The van der Waals surface area contributed by atoms with Crippen LogP contribution >= 0.6 is 0 Å². The third-order valence-electron chi connectivity index (χ3n) is 4.17. The second-order valence-corrected chi connectivity index (χ2v) is 6.52. The van der Waals surface area contributed by atoms with Gasteiger partial charge in [0.25, 0.3) is 5.91 Å². The summed E-state index contributed by atoms with van der Waals surface area (Å²) in [7, 11) is 3.79. The van der Waals surface area contributed by atoms with E-state index in [4.69, 9.17) is 9.47 Å². The summed E-state index contributed by atoms with van der Waals surface area (Å²) in [6.45, 7) is 2.43. The second kappa shape index (κ2) is 8.03. The number of hydrogen-bond donors (Lipinski definition) is 0. The molecule has 0 saturated carbocycles. The highest BCUT2D eigenvalue weighted by Crippen LogP contribution is 2.20. The first-order valence-corrected chi connectivity index (χ1v) is 8.68. The lowest BCUT2D eigenvalue weighted by Gasteiger charge is -2.17. The predicted octanol–water partition coefficient (Wildman–Crippen LogP) is 1.76. The summed E-state index contributed by atoms with van der Waals surface area (Å²) in [4.78, 5) is 27.2. The highest BCUT2D eigenvalue weighted by atomic mass is 16.5. The molecule has 0 spiro atoms. The molecule has 8 heteroatoms. The number of rotatable bonds is 5. The van der Waals surface area contributed by atoms with E-state index in [1.165, 1.54) is 6.92 Å². The SMILES string of the molecule is CC(=O)Oc1ccc(C(=O)N2CCC(Oc3ccc(N(C)C)nn3)C2)cc1. The van der Waals surface area contributed by atoms with Crippen LogP contribution in [0.5, 0.6) is 11.6 Å². The van der Waals surface area contributed by atoms with E-state index in [0.29, 0.717) is 30.3 Å². The monoisotopic (exact) mass is 370 g/mol. The van der Waals surface area contributed by atoms with Gasteiger partial charge >= 0.3 is 5.97 Å². The third kappa shape index (κ3) is 4.72. The minimum atomic E-state index is -0.393. The van der Waals surface area contributed by atoms with Gasteiger partial charge in [-0.15, -0.1) is 10.2 Å². The molecule has 1 aromatic heterocycles. The Morgan fingerprint density at radius 1 is 1.11 bits per heavy atom. The van der Waals surface area contributed by atoms with Crippen molar-refractivity contribution in [3.63, 3.8) is 0 Å². The van der Waals surface area contributed by atoms with Crippen LogP contribution in [0.3, 0.4) is 0 Å². The quantitative estimate of drug-likeness (QED) is 0.586. The van der Waals surface area contributed by atoms with Crippen LogP contribution in [-0.2, 0) is 4.79 Å². The van der Waals surface area contributed by atoms with Crippen LogP contribution in [0.2, 0.25) is 0 Å². The molecule has 1 aliphatic rings. The molecule has 2 aromatic rings.